The summed E-state index contributed by atoms with van der Waals surface area (Å²) in [6.07, 6.45) is 2.33. The predicted molar refractivity (Wildman–Crippen MR) is 73.4 cm³/mol. The van der Waals surface area contributed by atoms with Crippen LogP contribution in [0.3, 0.4) is 0 Å². The predicted octanol–water partition coefficient (Wildman–Crippen LogP) is 1.25. The Bertz CT molecular complexity index is 529. The van der Waals surface area contributed by atoms with Crippen molar-refractivity contribution in [1.29, 1.82) is 0 Å². The number of pyridine rings is 1. The van der Waals surface area contributed by atoms with Crippen LogP contribution in [0.5, 0.6) is 5.88 Å². The molecular weight excluding hydrogens is 278 g/mol. The number of carbonyl (C=O) groups is 1. The number of carbonyl (C=O) groups excluding carboxylic acids is 1. The molecule has 1 aliphatic heterocycles. The summed E-state index contributed by atoms with van der Waals surface area (Å²) in [5.41, 5.74) is -0.275. The highest BCUT2D eigenvalue weighted by Gasteiger charge is 2.21. The van der Waals surface area contributed by atoms with Crippen LogP contribution in [0.15, 0.2) is 12.1 Å². The lowest BCUT2D eigenvalue weighted by molar-refractivity contribution is -0.386. The normalized spacial score (nSPS) is 14.9. The van der Waals surface area contributed by atoms with Crippen LogP contribution < -0.4 is 4.74 Å². The minimum atomic E-state index is -0.658. The van der Waals surface area contributed by atoms with E-state index in [1.54, 1.807) is 0 Å². The van der Waals surface area contributed by atoms with Crippen molar-refractivity contribution in [1.82, 2.24) is 9.88 Å². The van der Waals surface area contributed by atoms with E-state index >= 15 is 0 Å². The molecule has 0 bridgehead atoms. The van der Waals surface area contributed by atoms with E-state index in [1.165, 1.54) is 19.2 Å². The molecule has 0 N–H and O–H groups in total. The van der Waals surface area contributed by atoms with Crippen LogP contribution in [0.25, 0.3) is 0 Å². The van der Waals surface area contributed by atoms with Gasteiger partial charge in [0.05, 0.1) is 12.0 Å². The Morgan fingerprint density at radius 3 is 2.76 bits per heavy atom. The number of rotatable bonds is 6. The molecule has 21 heavy (non-hydrogen) atoms. The Hall–Kier alpha value is -2.22. The summed E-state index contributed by atoms with van der Waals surface area (Å²) in [6.45, 7) is 3.00. The van der Waals surface area contributed by atoms with Crippen molar-refractivity contribution in [2.24, 2.45) is 0 Å². The second-order valence-corrected chi connectivity index (χ2v) is 4.67. The van der Waals surface area contributed by atoms with E-state index < -0.39 is 10.9 Å². The summed E-state index contributed by atoms with van der Waals surface area (Å²) in [5, 5.41) is 11.0. The molecule has 2 rings (SSSR count). The van der Waals surface area contributed by atoms with Crippen molar-refractivity contribution in [2.45, 2.75) is 12.8 Å². The largest absolute Gasteiger partial charge is 0.471 e. The van der Waals surface area contributed by atoms with Crippen LogP contribution in [0.1, 0.15) is 23.3 Å². The van der Waals surface area contributed by atoms with E-state index in [0.29, 0.717) is 13.2 Å². The molecule has 0 atom stereocenters. The SMILES string of the molecule is COC(=O)c1ccc([N+](=O)[O-])c(OCCN2CCCC2)n1. The summed E-state index contributed by atoms with van der Waals surface area (Å²) < 4.78 is 9.94. The van der Waals surface area contributed by atoms with Gasteiger partial charge in [0.1, 0.15) is 6.61 Å². The lowest BCUT2D eigenvalue weighted by Crippen LogP contribution is -2.25. The first-order chi connectivity index (χ1) is 10.1. The van der Waals surface area contributed by atoms with Crippen molar-refractivity contribution in [2.75, 3.05) is 33.4 Å². The van der Waals surface area contributed by atoms with E-state index in [9.17, 15) is 14.9 Å². The van der Waals surface area contributed by atoms with Crippen molar-refractivity contribution >= 4 is 11.7 Å². The molecule has 8 nitrogen and oxygen atoms in total. The van der Waals surface area contributed by atoms with Gasteiger partial charge in [0.15, 0.2) is 5.69 Å². The molecule has 1 aromatic heterocycles. The molecule has 1 fully saturated rings. The molecule has 0 spiro atoms. The highest BCUT2D eigenvalue weighted by Crippen LogP contribution is 2.24. The van der Waals surface area contributed by atoms with Crippen LogP contribution in [0.4, 0.5) is 5.69 Å². The topological polar surface area (TPSA) is 94.8 Å². The Balaban J connectivity index is 2.06. The molecule has 2 heterocycles. The number of aromatic nitrogens is 1. The van der Waals surface area contributed by atoms with Gasteiger partial charge in [-0.25, -0.2) is 9.78 Å². The summed E-state index contributed by atoms with van der Waals surface area (Å²) in [5.74, 6) is -0.809. The van der Waals surface area contributed by atoms with Gasteiger partial charge in [-0.2, -0.15) is 0 Å². The number of hydrogen-bond donors (Lipinski definition) is 0. The van der Waals surface area contributed by atoms with E-state index in [0.717, 1.165) is 25.9 Å². The highest BCUT2D eigenvalue weighted by molar-refractivity contribution is 5.87. The fraction of sp³-hybridized carbons (Fsp3) is 0.538. The number of ether oxygens (including phenoxy) is 2. The van der Waals surface area contributed by atoms with Gasteiger partial charge in [-0.15, -0.1) is 0 Å². The van der Waals surface area contributed by atoms with Crippen LogP contribution in [-0.2, 0) is 4.74 Å². The van der Waals surface area contributed by atoms with Crippen molar-refractivity contribution in [3.63, 3.8) is 0 Å². The van der Waals surface area contributed by atoms with Gasteiger partial charge in [-0.05, 0) is 32.0 Å². The molecule has 114 valence electrons. The van der Waals surface area contributed by atoms with E-state index in [2.05, 4.69) is 14.6 Å². The molecular formula is C13H17N3O5. The van der Waals surface area contributed by atoms with Crippen LogP contribution in [0.2, 0.25) is 0 Å². The van der Waals surface area contributed by atoms with Gasteiger partial charge in [-0.1, -0.05) is 0 Å². The maximum Gasteiger partial charge on any atom is 0.356 e. The number of nitro groups is 1. The molecule has 0 aliphatic carbocycles. The first kappa shape index (κ1) is 15.2. The van der Waals surface area contributed by atoms with Gasteiger partial charge < -0.3 is 9.47 Å². The summed E-state index contributed by atoms with van der Waals surface area (Å²) >= 11 is 0. The maximum atomic E-state index is 11.4. The second-order valence-electron chi connectivity index (χ2n) is 4.67. The average Bonchev–Trinajstić information content (AvgIpc) is 2.99. The first-order valence-corrected chi connectivity index (χ1v) is 6.70. The lowest BCUT2D eigenvalue weighted by atomic mass is 10.3. The fourth-order valence-electron chi connectivity index (χ4n) is 2.17. The minimum absolute atomic E-state index is 0.0146. The zero-order valence-corrected chi connectivity index (χ0v) is 11.8. The van der Waals surface area contributed by atoms with Crippen LogP contribution >= 0.6 is 0 Å². The quantitative estimate of drug-likeness (QED) is 0.443. The van der Waals surface area contributed by atoms with Crippen molar-refractivity contribution in [3.8, 4) is 5.88 Å². The highest BCUT2D eigenvalue weighted by atomic mass is 16.6. The molecule has 8 heteroatoms. The van der Waals surface area contributed by atoms with Crippen LogP contribution in [-0.4, -0.2) is 54.1 Å². The first-order valence-electron chi connectivity index (χ1n) is 6.70. The third kappa shape index (κ3) is 3.88. The number of hydrogen-bond acceptors (Lipinski definition) is 7. The Morgan fingerprint density at radius 1 is 1.43 bits per heavy atom. The summed E-state index contributed by atoms with van der Waals surface area (Å²) in [6, 6.07) is 2.45. The smallest absolute Gasteiger partial charge is 0.356 e. The zero-order chi connectivity index (χ0) is 15.2. The molecule has 1 aromatic rings. The van der Waals surface area contributed by atoms with Gasteiger partial charge in [-0.3, -0.25) is 15.0 Å². The standard InChI is InChI=1S/C13H17N3O5/c1-20-13(17)10-4-5-11(16(18)19)12(14-10)21-9-8-15-6-2-3-7-15/h4-5H,2-3,6-9H2,1H3. The van der Waals surface area contributed by atoms with Gasteiger partial charge in [0.2, 0.25) is 0 Å². The third-order valence-electron chi connectivity index (χ3n) is 3.28. The Kier molecular flexibility index (Phi) is 5.04. The number of likely N-dealkylation sites (tertiary alicyclic amines) is 1. The van der Waals surface area contributed by atoms with Gasteiger partial charge >= 0.3 is 11.7 Å². The second kappa shape index (κ2) is 6.98. The average molecular weight is 295 g/mol. The monoisotopic (exact) mass is 295 g/mol. The summed E-state index contributed by atoms with van der Waals surface area (Å²) in [7, 11) is 1.22. The number of methoxy groups -OCH3 is 1. The molecule has 1 aliphatic rings. The van der Waals surface area contributed by atoms with E-state index in [-0.39, 0.29) is 17.3 Å². The maximum absolute atomic E-state index is 11.4. The van der Waals surface area contributed by atoms with Crippen molar-refractivity contribution < 1.29 is 19.2 Å². The molecule has 0 radical (unpaired) electrons. The number of nitrogens with zero attached hydrogens (tertiary/aromatic N) is 3. The van der Waals surface area contributed by atoms with Gasteiger partial charge in [0, 0.05) is 12.6 Å². The fourth-order valence-corrected chi connectivity index (χ4v) is 2.17. The number of esters is 1. The Morgan fingerprint density at radius 2 is 2.14 bits per heavy atom. The zero-order valence-electron chi connectivity index (χ0n) is 11.8. The summed E-state index contributed by atoms with van der Waals surface area (Å²) in [4.78, 5) is 27.9. The van der Waals surface area contributed by atoms with E-state index in [1.807, 2.05) is 0 Å². The van der Waals surface area contributed by atoms with Gasteiger partial charge in [0.25, 0.3) is 5.88 Å². The van der Waals surface area contributed by atoms with Crippen molar-refractivity contribution in [3.05, 3.63) is 27.9 Å². The lowest BCUT2D eigenvalue weighted by Gasteiger charge is -2.14. The molecule has 0 unspecified atom stereocenters. The third-order valence-corrected chi connectivity index (χ3v) is 3.28. The molecule has 0 aromatic carbocycles. The van der Waals surface area contributed by atoms with Crippen LogP contribution in [0, 0.1) is 10.1 Å². The molecule has 1 saturated heterocycles. The van der Waals surface area contributed by atoms with E-state index in [4.69, 9.17) is 4.74 Å². The Labute approximate surface area is 121 Å². The minimum Gasteiger partial charge on any atom is -0.471 e. The molecule has 0 amide bonds. The molecule has 0 saturated carbocycles.